The summed E-state index contributed by atoms with van der Waals surface area (Å²) in [6, 6.07) is 2.10. The lowest BCUT2D eigenvalue weighted by Crippen LogP contribution is -2.48. The lowest BCUT2D eigenvalue weighted by molar-refractivity contribution is -0.231. The molecule has 0 aromatic rings. The number of hydrogen-bond acceptors (Lipinski definition) is 25. The van der Waals surface area contributed by atoms with E-state index in [1.165, 1.54) is 0 Å². The first kappa shape index (κ1) is 71.7. The van der Waals surface area contributed by atoms with E-state index < -0.39 is 161 Å². The van der Waals surface area contributed by atoms with E-state index in [-0.39, 0.29) is 72.4 Å². The molecule has 12 fully saturated rings. The number of rotatable bonds is 22. The summed E-state index contributed by atoms with van der Waals surface area (Å²) in [6.45, 7) is 21.1. The van der Waals surface area contributed by atoms with Crippen LogP contribution in [0.5, 0.6) is 0 Å². The van der Waals surface area contributed by atoms with E-state index in [0.717, 1.165) is 19.3 Å². The average Bonchev–Trinajstić information content (AvgIpc) is 1.53. The summed E-state index contributed by atoms with van der Waals surface area (Å²) in [7, 11) is 0. The Morgan fingerprint density at radius 2 is 0.957 bits per heavy atom. The summed E-state index contributed by atoms with van der Waals surface area (Å²) in [4.78, 5) is 130. The molecule has 6 aliphatic heterocycles. The summed E-state index contributed by atoms with van der Waals surface area (Å²) in [5.41, 5.74) is -5.98. The van der Waals surface area contributed by atoms with Crippen LogP contribution in [0, 0.1) is 91.2 Å². The molecule has 0 spiro atoms. The van der Waals surface area contributed by atoms with Gasteiger partial charge in [-0.05, 0) is 132 Å². The zero-order valence-electron chi connectivity index (χ0n) is 55.3. The topological polar surface area (TPSA) is 332 Å². The standard InChI is InChI=1S/C17H21F3O6.C17H21NO6.C17H26O5.C15H20O7/c1-4-15(2,3)13(22)24-7-10(21)25-11-8-5-9-12(11)26-14(23)16(9,6-8)17(18,19)20;1-4-16(2,3)14(20)22-7-11(19)23-12-9-5-10-13(12)24-15(21)17(10,6-9)8-18;1-4-17(2,3)16(19)21-7-5-6-20-13-10-8-11-12(9-10)15(18)22-14(11)13;1-4-15(2,3)14(18)19-6-9(16)21-11-8-5-7-10(20-8)12(11)22-13(7)17/h8-9,11-12H,4-7H2,1-3H3;9-10,12-13H,4-7H2,1-3H3;10-14H,4-9H2,1-3H3;7-8,10-12H,4-6H2,1-3H3. The zero-order valence-corrected chi connectivity index (χ0v) is 55.3. The van der Waals surface area contributed by atoms with E-state index in [9.17, 15) is 71.2 Å². The molecule has 6 saturated carbocycles. The Kier molecular flexibility index (Phi) is 20.4. The van der Waals surface area contributed by atoms with Crippen LogP contribution in [0.25, 0.3) is 0 Å². The fraction of sp³-hybridized carbons (Fsp3) is 0.818. The van der Waals surface area contributed by atoms with E-state index in [2.05, 4.69) is 6.07 Å². The Labute approximate surface area is 543 Å². The second-order valence-corrected chi connectivity index (χ2v) is 29.6. The number of alkyl halides is 3. The van der Waals surface area contributed by atoms with Crippen molar-refractivity contribution in [1.82, 2.24) is 0 Å². The molecule has 0 N–H and O–H groups in total. The molecule has 0 aromatic heterocycles. The largest absolute Gasteiger partial charge is 0.465 e. The Morgan fingerprint density at radius 3 is 1.47 bits per heavy atom. The minimum Gasteiger partial charge on any atom is -0.465 e. The van der Waals surface area contributed by atoms with Crippen molar-refractivity contribution in [2.45, 2.75) is 227 Å². The van der Waals surface area contributed by atoms with Gasteiger partial charge in [0.15, 0.2) is 42.9 Å². The van der Waals surface area contributed by atoms with Crippen LogP contribution >= 0.6 is 0 Å². The third-order valence-electron chi connectivity index (χ3n) is 22.4. The van der Waals surface area contributed by atoms with Gasteiger partial charge in [0.2, 0.25) is 0 Å². The molecule has 25 nitrogen and oxygen atoms in total. The van der Waals surface area contributed by atoms with Crippen molar-refractivity contribution in [2.24, 2.45) is 79.8 Å². The Morgan fingerprint density at radius 1 is 0.500 bits per heavy atom. The molecule has 0 radical (unpaired) electrons. The van der Waals surface area contributed by atoms with Gasteiger partial charge in [-0.15, -0.1) is 0 Å². The number of ether oxygens (including phenoxy) is 13. The number of nitriles is 1. The smallest absolute Gasteiger partial charge is 0.405 e. The molecule has 6 saturated heterocycles. The van der Waals surface area contributed by atoms with Crippen LogP contribution in [-0.4, -0.2) is 166 Å². The lowest BCUT2D eigenvalue weighted by atomic mass is 9.73. The number of carbonyl (C=O) groups excluding carboxylic acids is 11. The van der Waals surface area contributed by atoms with Crippen molar-refractivity contribution in [2.75, 3.05) is 33.0 Å². The fourth-order valence-corrected chi connectivity index (χ4v) is 15.1. The van der Waals surface area contributed by atoms with Gasteiger partial charge >= 0.3 is 71.8 Å². The van der Waals surface area contributed by atoms with Crippen LogP contribution < -0.4 is 0 Å². The van der Waals surface area contributed by atoms with E-state index in [0.29, 0.717) is 70.0 Å². The van der Waals surface area contributed by atoms with Gasteiger partial charge in [0.1, 0.15) is 36.6 Å². The summed E-state index contributed by atoms with van der Waals surface area (Å²) in [6.07, 6.45) is -3.15. The molecule has 6 heterocycles. The van der Waals surface area contributed by atoms with Crippen molar-refractivity contribution >= 4 is 65.7 Å². The molecule has 12 aliphatic rings. The highest BCUT2D eigenvalue weighted by molar-refractivity contribution is 5.86. The van der Waals surface area contributed by atoms with E-state index in [4.69, 9.17) is 61.6 Å². The molecule has 28 heteroatoms. The Bertz CT molecular complexity index is 3040. The maximum atomic E-state index is 13.4. The number of nitrogens with zero attached hydrogens (tertiary/aromatic N) is 1. The predicted molar refractivity (Wildman–Crippen MR) is 309 cm³/mol. The van der Waals surface area contributed by atoms with E-state index in [1.54, 1.807) is 48.5 Å². The Balaban J connectivity index is 0.000000148. The molecule has 94 heavy (non-hydrogen) atoms. The number of halogens is 3. The minimum absolute atomic E-state index is 0.0284. The number of esters is 11. The highest BCUT2D eigenvalue weighted by atomic mass is 19.4. The van der Waals surface area contributed by atoms with Crippen molar-refractivity contribution in [3.63, 3.8) is 0 Å². The Hall–Kier alpha value is -6.63. The molecular formula is C66H88F3NO24. The van der Waals surface area contributed by atoms with Crippen molar-refractivity contribution < 1.29 is 127 Å². The molecule has 20 unspecified atom stereocenters. The maximum absolute atomic E-state index is 13.4. The number of carbonyl (C=O) groups is 11. The predicted octanol–water partition coefficient (Wildman–Crippen LogP) is 6.66. The minimum atomic E-state index is -4.69. The molecule has 8 bridgehead atoms. The van der Waals surface area contributed by atoms with Crippen LogP contribution in [0.1, 0.15) is 160 Å². The summed E-state index contributed by atoms with van der Waals surface area (Å²) in [5, 5.41) is 9.33. The highest BCUT2D eigenvalue weighted by Gasteiger charge is 2.81. The third-order valence-corrected chi connectivity index (χ3v) is 22.4. The number of fused-ring (bicyclic) bond motifs is 4. The third kappa shape index (κ3) is 13.2. The van der Waals surface area contributed by atoms with Gasteiger partial charge in [-0.25, -0.2) is 14.4 Å². The van der Waals surface area contributed by atoms with Crippen molar-refractivity contribution in [1.29, 1.82) is 5.26 Å². The molecule has 0 aromatic carbocycles. The first-order valence-electron chi connectivity index (χ1n) is 32.8. The van der Waals surface area contributed by atoms with Crippen LogP contribution in [0.2, 0.25) is 0 Å². The molecule has 0 amide bonds. The van der Waals surface area contributed by atoms with Gasteiger partial charge in [0.05, 0.1) is 65.0 Å². The normalized spacial score (nSPS) is 35.7. The fourth-order valence-electron chi connectivity index (χ4n) is 15.1. The second kappa shape index (κ2) is 26.8. The maximum Gasteiger partial charge on any atom is 0.405 e. The van der Waals surface area contributed by atoms with Gasteiger partial charge in [-0.1, -0.05) is 27.7 Å². The SMILES string of the molecule is CCC(C)(C)C(=O)OCC(=O)OC1C2CC3C(=O)OC1C3O2.CCC(C)(C)C(=O)OCC(=O)OC1C2CC3C1OC(=O)C3(C#N)C2.CCC(C)(C)C(=O)OCC(=O)OC1C2CC3C1OC(=O)C3(C(F)(F)F)C2.CCC(C)(C)C(=O)OCCCOC1C2CC3C(=O)OC1C3C2. The first-order valence-corrected chi connectivity index (χ1v) is 32.8. The molecule has 12 rings (SSSR count). The van der Waals surface area contributed by atoms with Crippen LogP contribution in [0.15, 0.2) is 0 Å². The quantitative estimate of drug-likeness (QED) is 0.0621. The molecular weight excluding hydrogens is 1250 g/mol. The highest BCUT2D eigenvalue weighted by Crippen LogP contribution is 2.68. The summed E-state index contributed by atoms with van der Waals surface area (Å²) >= 11 is 0. The van der Waals surface area contributed by atoms with Crippen LogP contribution in [0.3, 0.4) is 0 Å². The van der Waals surface area contributed by atoms with Crippen LogP contribution in [-0.2, 0) is 114 Å². The molecule has 20 atom stereocenters. The average molecular weight is 1340 g/mol. The monoisotopic (exact) mass is 1340 g/mol. The van der Waals surface area contributed by atoms with Gasteiger partial charge < -0.3 is 61.6 Å². The van der Waals surface area contributed by atoms with Gasteiger partial charge in [0.25, 0.3) is 0 Å². The van der Waals surface area contributed by atoms with E-state index in [1.807, 2.05) is 34.6 Å². The van der Waals surface area contributed by atoms with Gasteiger partial charge in [-0.2, -0.15) is 18.4 Å². The second-order valence-electron chi connectivity index (χ2n) is 29.6. The molecule has 522 valence electrons. The first-order chi connectivity index (χ1) is 44.0. The lowest BCUT2D eigenvalue weighted by Gasteiger charge is -2.33. The van der Waals surface area contributed by atoms with Crippen molar-refractivity contribution in [3.8, 4) is 6.07 Å². The zero-order chi connectivity index (χ0) is 69.2. The number of hydrogen-bond donors (Lipinski definition) is 0. The summed E-state index contributed by atoms with van der Waals surface area (Å²) in [5.74, 6) is -7.01. The van der Waals surface area contributed by atoms with Gasteiger partial charge in [0, 0.05) is 36.0 Å². The summed E-state index contributed by atoms with van der Waals surface area (Å²) < 4.78 is 109. The van der Waals surface area contributed by atoms with Gasteiger partial charge in [-0.3, -0.25) is 38.4 Å². The van der Waals surface area contributed by atoms with Crippen LogP contribution in [0.4, 0.5) is 13.2 Å². The van der Waals surface area contributed by atoms with Crippen molar-refractivity contribution in [3.05, 3.63) is 0 Å². The van der Waals surface area contributed by atoms with E-state index >= 15 is 0 Å². The molecule has 6 aliphatic carbocycles.